The molecule has 0 atom stereocenters. The Labute approximate surface area is 172 Å². The summed E-state index contributed by atoms with van der Waals surface area (Å²) in [4.78, 5) is 29.6. The van der Waals surface area contributed by atoms with Crippen LogP contribution < -0.4 is 10.6 Å². The molecule has 1 fully saturated rings. The SMILES string of the molecule is Cc1nn(C)c2n[nH]c(NC(=O)CC3(CC(=O)Nc4nccs4)CCCCC3)c12. The third-order valence-corrected chi connectivity index (χ3v) is 6.33. The number of carbonyl (C=O) groups excluding carboxylic acids is 2. The fourth-order valence-corrected chi connectivity index (χ4v) is 4.90. The summed E-state index contributed by atoms with van der Waals surface area (Å²) in [6.07, 6.45) is 7.25. The molecule has 2 amide bonds. The van der Waals surface area contributed by atoms with Crippen LogP contribution in [0.15, 0.2) is 11.6 Å². The summed E-state index contributed by atoms with van der Waals surface area (Å²) in [5.74, 6) is 0.373. The van der Waals surface area contributed by atoms with Crippen molar-refractivity contribution in [3.63, 3.8) is 0 Å². The fourth-order valence-electron chi connectivity index (χ4n) is 4.35. The van der Waals surface area contributed by atoms with Crippen LogP contribution in [0, 0.1) is 12.3 Å². The van der Waals surface area contributed by atoms with Gasteiger partial charge in [-0.3, -0.25) is 14.7 Å². The van der Waals surface area contributed by atoms with Crippen LogP contribution in [-0.2, 0) is 16.6 Å². The lowest BCUT2D eigenvalue weighted by atomic mass is 9.69. The van der Waals surface area contributed by atoms with E-state index >= 15 is 0 Å². The molecule has 9 nitrogen and oxygen atoms in total. The zero-order valence-corrected chi connectivity index (χ0v) is 17.4. The Morgan fingerprint density at radius 2 is 1.93 bits per heavy atom. The zero-order chi connectivity index (χ0) is 20.4. The zero-order valence-electron chi connectivity index (χ0n) is 16.6. The number of thiazole rings is 1. The predicted molar refractivity (Wildman–Crippen MR) is 112 cm³/mol. The van der Waals surface area contributed by atoms with Crippen molar-refractivity contribution in [3.8, 4) is 0 Å². The average molecular weight is 416 g/mol. The number of fused-ring (bicyclic) bond motifs is 1. The molecule has 1 aliphatic rings. The Balaban J connectivity index is 1.47. The molecule has 1 saturated carbocycles. The molecule has 3 heterocycles. The molecular formula is C19H25N7O2S. The molecule has 0 bridgehead atoms. The number of H-pyrrole nitrogens is 1. The summed E-state index contributed by atoms with van der Waals surface area (Å²) >= 11 is 1.39. The lowest BCUT2D eigenvalue weighted by Crippen LogP contribution is -2.34. The smallest absolute Gasteiger partial charge is 0.226 e. The minimum Gasteiger partial charge on any atom is -0.310 e. The van der Waals surface area contributed by atoms with Crippen LogP contribution in [0.25, 0.3) is 11.0 Å². The first-order valence-electron chi connectivity index (χ1n) is 9.83. The number of aryl methyl sites for hydroxylation is 2. The van der Waals surface area contributed by atoms with E-state index in [1.807, 2.05) is 19.4 Å². The van der Waals surface area contributed by atoms with Crippen molar-refractivity contribution in [1.29, 1.82) is 0 Å². The number of anilines is 2. The molecule has 0 aliphatic heterocycles. The largest absolute Gasteiger partial charge is 0.310 e. The van der Waals surface area contributed by atoms with Gasteiger partial charge in [0.15, 0.2) is 10.8 Å². The average Bonchev–Trinajstić information content (AvgIpc) is 3.37. The summed E-state index contributed by atoms with van der Waals surface area (Å²) < 4.78 is 1.68. The summed E-state index contributed by atoms with van der Waals surface area (Å²) in [5.41, 5.74) is 1.18. The highest BCUT2D eigenvalue weighted by Gasteiger charge is 2.37. The van der Waals surface area contributed by atoms with Crippen molar-refractivity contribution in [3.05, 3.63) is 17.3 Å². The van der Waals surface area contributed by atoms with Gasteiger partial charge in [-0.2, -0.15) is 10.2 Å². The third-order valence-electron chi connectivity index (χ3n) is 5.64. The number of hydrogen-bond donors (Lipinski definition) is 3. The molecule has 154 valence electrons. The molecule has 3 N–H and O–H groups in total. The molecule has 3 aromatic rings. The highest BCUT2D eigenvalue weighted by molar-refractivity contribution is 7.13. The maximum absolute atomic E-state index is 12.9. The highest BCUT2D eigenvalue weighted by Crippen LogP contribution is 2.43. The van der Waals surface area contributed by atoms with Crippen LogP contribution in [0.1, 0.15) is 50.6 Å². The van der Waals surface area contributed by atoms with E-state index in [2.05, 4.69) is 30.9 Å². The normalized spacial score (nSPS) is 16.1. The van der Waals surface area contributed by atoms with Gasteiger partial charge >= 0.3 is 0 Å². The summed E-state index contributed by atoms with van der Waals surface area (Å²) in [6, 6.07) is 0. The van der Waals surface area contributed by atoms with Crippen LogP contribution in [0.3, 0.4) is 0 Å². The van der Waals surface area contributed by atoms with E-state index in [-0.39, 0.29) is 17.2 Å². The maximum Gasteiger partial charge on any atom is 0.226 e. The van der Waals surface area contributed by atoms with Gasteiger partial charge in [0.25, 0.3) is 0 Å². The van der Waals surface area contributed by atoms with Gasteiger partial charge in [0.2, 0.25) is 11.8 Å². The number of rotatable bonds is 6. The van der Waals surface area contributed by atoms with Crippen LogP contribution in [0.4, 0.5) is 10.9 Å². The van der Waals surface area contributed by atoms with Crippen LogP contribution in [-0.4, -0.2) is 36.8 Å². The van der Waals surface area contributed by atoms with E-state index in [1.165, 1.54) is 11.3 Å². The Morgan fingerprint density at radius 3 is 2.62 bits per heavy atom. The van der Waals surface area contributed by atoms with Gasteiger partial charge in [-0.1, -0.05) is 19.3 Å². The second-order valence-corrected chi connectivity index (χ2v) is 8.75. The van der Waals surface area contributed by atoms with E-state index in [1.54, 1.807) is 10.9 Å². The predicted octanol–water partition coefficient (Wildman–Crippen LogP) is 3.37. The third kappa shape index (κ3) is 4.16. The Kier molecular flexibility index (Phi) is 5.35. The maximum atomic E-state index is 12.9. The summed E-state index contributed by atoms with van der Waals surface area (Å²) in [7, 11) is 1.82. The van der Waals surface area contributed by atoms with Crippen molar-refractivity contribution in [2.45, 2.75) is 51.9 Å². The number of amides is 2. The standard InChI is InChI=1S/C19H25N7O2S/c1-12-15-16(23-24-17(15)26(2)25-12)21-13(27)10-19(6-4-3-5-7-19)11-14(28)22-18-20-8-9-29-18/h8-9H,3-7,10-11H2,1-2H3,(H,20,22,28)(H2,21,23,24,27). The van der Waals surface area contributed by atoms with Crippen LogP contribution in [0.5, 0.6) is 0 Å². The van der Waals surface area contributed by atoms with E-state index in [0.29, 0.717) is 29.4 Å². The Morgan fingerprint density at radius 1 is 1.21 bits per heavy atom. The monoisotopic (exact) mass is 415 g/mol. The number of aromatic amines is 1. The quantitative estimate of drug-likeness (QED) is 0.570. The first-order valence-corrected chi connectivity index (χ1v) is 10.7. The number of nitrogens with zero attached hydrogens (tertiary/aromatic N) is 4. The molecule has 0 radical (unpaired) electrons. The number of aromatic nitrogens is 5. The van der Waals surface area contributed by atoms with Crippen LogP contribution in [0.2, 0.25) is 0 Å². The minimum absolute atomic E-state index is 0.0818. The second-order valence-electron chi connectivity index (χ2n) is 7.85. The van der Waals surface area contributed by atoms with E-state index in [4.69, 9.17) is 0 Å². The van der Waals surface area contributed by atoms with Crippen molar-refractivity contribution in [2.24, 2.45) is 12.5 Å². The van der Waals surface area contributed by atoms with E-state index < -0.39 is 0 Å². The molecule has 1 aliphatic carbocycles. The van der Waals surface area contributed by atoms with Crippen molar-refractivity contribution in [2.75, 3.05) is 10.6 Å². The topological polar surface area (TPSA) is 118 Å². The van der Waals surface area contributed by atoms with Gasteiger partial charge in [-0.25, -0.2) is 9.67 Å². The van der Waals surface area contributed by atoms with Crippen LogP contribution >= 0.6 is 11.3 Å². The second kappa shape index (κ2) is 7.94. The molecule has 4 rings (SSSR count). The molecule has 0 spiro atoms. The van der Waals surface area contributed by atoms with Gasteiger partial charge < -0.3 is 10.6 Å². The summed E-state index contributed by atoms with van der Waals surface area (Å²) in [5, 5.41) is 20.5. The Bertz CT molecular complexity index is 1020. The molecule has 29 heavy (non-hydrogen) atoms. The van der Waals surface area contributed by atoms with E-state index in [9.17, 15) is 9.59 Å². The molecule has 10 heteroatoms. The van der Waals surface area contributed by atoms with E-state index in [0.717, 1.165) is 43.2 Å². The van der Waals surface area contributed by atoms with Gasteiger partial charge in [0.05, 0.1) is 11.1 Å². The lowest BCUT2D eigenvalue weighted by molar-refractivity contribution is -0.122. The molecule has 0 saturated heterocycles. The number of carbonyl (C=O) groups is 2. The van der Waals surface area contributed by atoms with Gasteiger partial charge in [-0.15, -0.1) is 11.3 Å². The molecule has 3 aromatic heterocycles. The number of hydrogen-bond acceptors (Lipinski definition) is 6. The molecule has 0 aromatic carbocycles. The van der Waals surface area contributed by atoms with Gasteiger partial charge in [-0.05, 0) is 25.2 Å². The van der Waals surface area contributed by atoms with Gasteiger partial charge in [0.1, 0.15) is 5.82 Å². The summed E-state index contributed by atoms with van der Waals surface area (Å²) in [6.45, 7) is 1.89. The first kappa shape index (κ1) is 19.6. The number of nitrogens with one attached hydrogen (secondary N) is 3. The van der Waals surface area contributed by atoms with Crippen molar-refractivity contribution < 1.29 is 9.59 Å². The fraction of sp³-hybridized carbons (Fsp3) is 0.526. The van der Waals surface area contributed by atoms with Gasteiger partial charge in [0, 0.05) is 31.5 Å². The minimum atomic E-state index is -0.327. The molecule has 0 unspecified atom stereocenters. The van der Waals surface area contributed by atoms with Crippen molar-refractivity contribution in [1.82, 2.24) is 25.0 Å². The lowest BCUT2D eigenvalue weighted by Gasteiger charge is -2.36. The highest BCUT2D eigenvalue weighted by atomic mass is 32.1. The molecular weight excluding hydrogens is 390 g/mol. The Hall–Kier alpha value is -2.75. The first-order chi connectivity index (χ1) is 14.0. The van der Waals surface area contributed by atoms with Crippen molar-refractivity contribution >= 4 is 45.1 Å².